The molecule has 1 aliphatic rings. The summed E-state index contributed by atoms with van der Waals surface area (Å²) in [7, 11) is -3.53. The van der Waals surface area contributed by atoms with Crippen LogP contribution in [0.2, 0.25) is 0 Å². The van der Waals surface area contributed by atoms with E-state index in [-0.39, 0.29) is 12.2 Å². The fraction of sp³-hybridized carbons (Fsp3) is 0.423. The van der Waals surface area contributed by atoms with E-state index in [1.54, 1.807) is 26.0 Å². The molecular weight excluding hydrogens is 564 g/mol. The van der Waals surface area contributed by atoms with E-state index < -0.39 is 87.3 Å². The fourth-order valence-electron chi connectivity index (χ4n) is 4.34. The molecule has 0 unspecified atom stereocenters. The maximum atomic E-state index is 14.2. The van der Waals surface area contributed by atoms with Crippen molar-refractivity contribution in [1.29, 1.82) is 0 Å². The van der Waals surface area contributed by atoms with Crippen LogP contribution in [0, 0.1) is 17.6 Å². The lowest BCUT2D eigenvalue weighted by Gasteiger charge is -2.32. The lowest BCUT2D eigenvalue weighted by atomic mass is 10.0. The van der Waals surface area contributed by atoms with Crippen LogP contribution in [-0.2, 0) is 30.6 Å². The van der Waals surface area contributed by atoms with Gasteiger partial charge in [-0.25, -0.2) is 27.0 Å². The van der Waals surface area contributed by atoms with Crippen LogP contribution in [-0.4, -0.2) is 83.9 Å². The molecule has 3 atom stereocenters. The average molecular weight is 596 g/mol. The van der Waals surface area contributed by atoms with Gasteiger partial charge in [0.15, 0.2) is 0 Å². The lowest BCUT2D eigenvalue weighted by molar-refractivity contribution is -0.131. The van der Waals surface area contributed by atoms with Gasteiger partial charge in [-0.1, -0.05) is 26.0 Å². The Balaban J connectivity index is 1.89. The van der Waals surface area contributed by atoms with Crippen molar-refractivity contribution in [2.45, 2.75) is 45.3 Å². The third-order valence-electron chi connectivity index (χ3n) is 6.60. The number of hydrogen-bond acceptors (Lipinski definition) is 7. The molecule has 2 heterocycles. The highest BCUT2D eigenvalue weighted by atomic mass is 32.2. The molecule has 3 rings (SSSR count). The molecule has 0 saturated heterocycles. The van der Waals surface area contributed by atoms with Gasteiger partial charge in [-0.05, 0) is 36.6 Å². The van der Waals surface area contributed by atoms with Crippen LogP contribution < -0.4 is 15.5 Å². The van der Waals surface area contributed by atoms with Gasteiger partial charge in [-0.15, -0.1) is 0 Å². The molecule has 0 radical (unpaired) electrons. The second-order valence-electron chi connectivity index (χ2n) is 10.0. The number of amides is 4. The molecule has 2 aromatic rings. The molecule has 1 aromatic carbocycles. The van der Waals surface area contributed by atoms with Crippen LogP contribution in [0.3, 0.4) is 0 Å². The van der Waals surface area contributed by atoms with Crippen molar-refractivity contribution in [2.75, 3.05) is 28.8 Å². The highest BCUT2D eigenvalue weighted by Crippen LogP contribution is 2.32. The van der Waals surface area contributed by atoms with Gasteiger partial charge in [0.25, 0.3) is 5.91 Å². The molecule has 12 nitrogen and oxygen atoms in total. The number of sulfone groups is 1. The molecule has 15 heteroatoms. The van der Waals surface area contributed by atoms with Crippen molar-refractivity contribution in [1.82, 2.24) is 15.2 Å². The zero-order valence-corrected chi connectivity index (χ0v) is 23.6. The summed E-state index contributed by atoms with van der Waals surface area (Å²) in [5, 5.41) is 14.3. The monoisotopic (exact) mass is 595 g/mol. The number of fused-ring (bicyclic) bond motifs is 1. The first kappa shape index (κ1) is 31.4. The quantitative estimate of drug-likeness (QED) is 0.374. The molecule has 3 N–H and O–H groups in total. The third kappa shape index (κ3) is 7.34. The third-order valence-corrected chi connectivity index (χ3v) is 7.52. The van der Waals surface area contributed by atoms with E-state index in [4.69, 9.17) is 0 Å². The van der Waals surface area contributed by atoms with E-state index in [1.807, 2.05) is 0 Å². The minimum absolute atomic E-state index is 0.0235. The second kappa shape index (κ2) is 12.6. The minimum atomic E-state index is -3.53. The van der Waals surface area contributed by atoms with Crippen molar-refractivity contribution in [3.05, 3.63) is 53.7 Å². The molecule has 1 aliphatic heterocycles. The Kier molecular flexibility index (Phi) is 9.63. The Hall–Kier alpha value is -4.14. The molecule has 0 bridgehead atoms. The van der Waals surface area contributed by atoms with E-state index in [0.717, 1.165) is 29.4 Å². The maximum Gasteiger partial charge on any atom is 0.408 e. The highest BCUT2D eigenvalue weighted by molar-refractivity contribution is 7.90. The molecule has 4 amide bonds. The van der Waals surface area contributed by atoms with Crippen molar-refractivity contribution < 1.29 is 41.5 Å². The topological polar surface area (TPSA) is 166 Å². The largest absolute Gasteiger partial charge is 0.465 e. The summed E-state index contributed by atoms with van der Waals surface area (Å²) < 4.78 is 51.6. The Morgan fingerprint density at radius 3 is 2.32 bits per heavy atom. The van der Waals surface area contributed by atoms with Gasteiger partial charge >= 0.3 is 6.09 Å². The number of para-hydroxylation sites is 1. The fourth-order valence-corrected chi connectivity index (χ4v) is 4.87. The lowest BCUT2D eigenvalue weighted by Crippen LogP contribution is -2.58. The van der Waals surface area contributed by atoms with Crippen LogP contribution in [0.15, 0.2) is 36.5 Å². The molecule has 0 saturated carbocycles. The number of rotatable bonds is 10. The summed E-state index contributed by atoms with van der Waals surface area (Å²) in [5.74, 6) is -5.49. The number of aromatic nitrogens is 1. The summed E-state index contributed by atoms with van der Waals surface area (Å²) in [6.45, 7) is 4.01. The number of pyridine rings is 1. The van der Waals surface area contributed by atoms with Gasteiger partial charge in [-0.3, -0.25) is 24.2 Å². The standard InChI is InChI=1S/C26H31F2N5O7S/c1-14(2)20(30-23(34)15(3)32(26(37)38)11-12-41(4,39)40)25(36)33-19(13-16-7-6-10-29-22(16)33)24(35)31-21-17(27)8-5-9-18(21)28/h5-10,14-15,19-20H,11-13H2,1-4H3,(H,30,34)(H,31,35)(H,37,38)/t15-,19-,20-/m0/s1. The van der Waals surface area contributed by atoms with Crippen molar-refractivity contribution >= 4 is 45.2 Å². The first-order valence-corrected chi connectivity index (χ1v) is 14.7. The number of benzene rings is 1. The molecule has 222 valence electrons. The molecule has 1 aromatic heterocycles. The first-order valence-electron chi connectivity index (χ1n) is 12.6. The number of halogens is 2. The first-order chi connectivity index (χ1) is 19.1. The van der Waals surface area contributed by atoms with Gasteiger partial charge in [0.2, 0.25) is 11.8 Å². The van der Waals surface area contributed by atoms with E-state index in [9.17, 15) is 41.5 Å². The van der Waals surface area contributed by atoms with E-state index in [1.165, 1.54) is 13.1 Å². The predicted molar refractivity (Wildman–Crippen MR) is 145 cm³/mol. The number of carboxylic acid groups (broad SMARTS) is 1. The van der Waals surface area contributed by atoms with Crippen LogP contribution in [0.5, 0.6) is 0 Å². The Morgan fingerprint density at radius 1 is 1.12 bits per heavy atom. The van der Waals surface area contributed by atoms with Gasteiger partial charge in [0, 0.05) is 25.4 Å². The summed E-state index contributed by atoms with van der Waals surface area (Å²) in [5.41, 5.74) is -0.172. The van der Waals surface area contributed by atoms with Crippen LogP contribution in [0.4, 0.5) is 25.1 Å². The number of nitrogens with zero attached hydrogens (tertiary/aromatic N) is 3. The van der Waals surface area contributed by atoms with Gasteiger partial charge in [0.05, 0.1) is 5.75 Å². The number of nitrogens with one attached hydrogen (secondary N) is 2. The van der Waals surface area contributed by atoms with Crippen LogP contribution in [0.1, 0.15) is 26.3 Å². The van der Waals surface area contributed by atoms with E-state index in [0.29, 0.717) is 10.5 Å². The molecule has 0 aliphatic carbocycles. The molecular formula is C26H31F2N5O7S. The minimum Gasteiger partial charge on any atom is -0.465 e. The van der Waals surface area contributed by atoms with Gasteiger partial charge in [0.1, 0.15) is 51.1 Å². The zero-order chi connectivity index (χ0) is 30.6. The Morgan fingerprint density at radius 2 is 1.76 bits per heavy atom. The zero-order valence-electron chi connectivity index (χ0n) is 22.8. The SMILES string of the molecule is CC(C)[C@H](NC(=O)[C@H](C)N(CCS(C)(=O)=O)C(=O)O)C(=O)N1c2ncccc2C[C@H]1C(=O)Nc1c(F)cccc1F. The van der Waals surface area contributed by atoms with Crippen LogP contribution >= 0.6 is 0 Å². The normalized spacial score (nSPS) is 16.1. The molecule has 41 heavy (non-hydrogen) atoms. The summed E-state index contributed by atoms with van der Waals surface area (Å²) in [6, 6.07) is 2.39. The Bertz CT molecular complexity index is 1430. The summed E-state index contributed by atoms with van der Waals surface area (Å²) >= 11 is 0. The van der Waals surface area contributed by atoms with Gasteiger partial charge in [-0.2, -0.15) is 0 Å². The summed E-state index contributed by atoms with van der Waals surface area (Å²) in [6.07, 6.45) is 0.774. The molecule has 0 fully saturated rings. The Labute approximate surface area is 235 Å². The van der Waals surface area contributed by atoms with Crippen molar-refractivity contribution in [3.63, 3.8) is 0 Å². The maximum absolute atomic E-state index is 14.2. The van der Waals surface area contributed by atoms with E-state index >= 15 is 0 Å². The van der Waals surface area contributed by atoms with Crippen LogP contribution in [0.25, 0.3) is 0 Å². The predicted octanol–water partition coefficient (Wildman–Crippen LogP) is 1.81. The number of anilines is 2. The highest BCUT2D eigenvalue weighted by Gasteiger charge is 2.43. The number of hydrogen-bond donors (Lipinski definition) is 3. The smallest absolute Gasteiger partial charge is 0.408 e. The van der Waals surface area contributed by atoms with Crippen molar-refractivity contribution in [3.8, 4) is 0 Å². The molecule has 0 spiro atoms. The second-order valence-corrected chi connectivity index (χ2v) is 12.3. The van der Waals surface area contributed by atoms with E-state index in [2.05, 4.69) is 15.6 Å². The number of carbonyl (C=O) groups is 4. The number of carbonyl (C=O) groups excluding carboxylic acids is 3. The average Bonchev–Trinajstić information content (AvgIpc) is 3.27. The van der Waals surface area contributed by atoms with Crippen molar-refractivity contribution in [2.24, 2.45) is 5.92 Å². The van der Waals surface area contributed by atoms with Gasteiger partial charge < -0.3 is 15.7 Å². The summed E-state index contributed by atoms with van der Waals surface area (Å²) in [4.78, 5) is 57.9.